The molecule has 0 amide bonds. The Morgan fingerprint density at radius 3 is 2.72 bits per heavy atom. The summed E-state index contributed by atoms with van der Waals surface area (Å²) in [6.45, 7) is 7.66. The molecule has 1 N–H and O–H groups in total. The van der Waals surface area contributed by atoms with Gasteiger partial charge >= 0.3 is 5.97 Å². The highest BCUT2D eigenvalue weighted by molar-refractivity contribution is 5.94. The first-order valence-electron chi connectivity index (χ1n) is 10.1. The number of nitrogens with zero attached hydrogens (tertiary/aromatic N) is 4. The van der Waals surface area contributed by atoms with Gasteiger partial charge in [0.2, 0.25) is 0 Å². The van der Waals surface area contributed by atoms with Crippen molar-refractivity contribution >= 4 is 22.6 Å². The van der Waals surface area contributed by atoms with E-state index in [1.54, 1.807) is 22.9 Å². The Morgan fingerprint density at radius 1 is 1.17 bits per heavy atom. The summed E-state index contributed by atoms with van der Waals surface area (Å²) in [5.41, 5.74) is 4.74. The molecule has 29 heavy (non-hydrogen) atoms. The van der Waals surface area contributed by atoms with Crippen molar-refractivity contribution in [1.29, 1.82) is 0 Å². The van der Waals surface area contributed by atoms with Crippen LogP contribution in [0.1, 0.15) is 42.6 Å². The molecule has 0 saturated heterocycles. The molecule has 0 spiro atoms. The van der Waals surface area contributed by atoms with E-state index in [1.165, 1.54) is 12.0 Å². The maximum atomic E-state index is 11.6. The van der Waals surface area contributed by atoms with E-state index >= 15 is 0 Å². The van der Waals surface area contributed by atoms with Gasteiger partial charge in [0.25, 0.3) is 0 Å². The lowest BCUT2D eigenvalue weighted by Crippen LogP contribution is -2.30. The predicted molar refractivity (Wildman–Crippen MR) is 114 cm³/mol. The number of carboxylic acid groups (broad SMARTS) is 1. The summed E-state index contributed by atoms with van der Waals surface area (Å²) < 4.78 is 1.63. The number of rotatable bonds is 6. The van der Waals surface area contributed by atoms with Crippen LogP contribution in [0.4, 0.5) is 0 Å². The lowest BCUT2D eigenvalue weighted by molar-refractivity contribution is 0.0697. The molecule has 2 aromatic carbocycles. The van der Waals surface area contributed by atoms with Crippen molar-refractivity contribution in [3.8, 4) is 5.69 Å². The van der Waals surface area contributed by atoms with Crippen LogP contribution in [0.5, 0.6) is 0 Å². The number of hydrogen-bond acceptors (Lipinski definition) is 4. The van der Waals surface area contributed by atoms with Crippen LogP contribution in [-0.4, -0.2) is 50.6 Å². The number of carboxylic acids is 1. The third kappa shape index (κ3) is 3.93. The highest BCUT2D eigenvalue weighted by atomic mass is 16.4. The van der Waals surface area contributed by atoms with Crippen LogP contribution in [0.25, 0.3) is 22.3 Å². The minimum atomic E-state index is -0.975. The topological polar surface area (TPSA) is 71.2 Å². The molecule has 1 aliphatic heterocycles. The summed E-state index contributed by atoms with van der Waals surface area (Å²) in [4.78, 5) is 14.1. The Hall–Kier alpha value is -2.99. The second kappa shape index (κ2) is 8.17. The molecule has 2 heterocycles. The van der Waals surface area contributed by atoms with Crippen molar-refractivity contribution in [2.75, 3.05) is 19.6 Å². The fourth-order valence-corrected chi connectivity index (χ4v) is 3.82. The normalized spacial score (nSPS) is 15.1. The molecule has 0 aliphatic carbocycles. The van der Waals surface area contributed by atoms with Crippen LogP contribution < -0.4 is 0 Å². The molecule has 0 saturated carbocycles. The third-order valence-electron chi connectivity index (χ3n) is 5.50. The van der Waals surface area contributed by atoms with Crippen LogP contribution in [-0.2, 0) is 0 Å². The molecule has 150 valence electrons. The number of aromatic nitrogens is 3. The van der Waals surface area contributed by atoms with Crippen molar-refractivity contribution in [3.05, 3.63) is 59.7 Å². The average molecular weight is 390 g/mol. The SMILES string of the molecule is CC(C)CCN1CC=C(c2cccc3c2nnn3-c2ccccc2C(=O)O)CC1. The van der Waals surface area contributed by atoms with Gasteiger partial charge in [-0.25, -0.2) is 9.48 Å². The van der Waals surface area contributed by atoms with Crippen LogP contribution in [0.3, 0.4) is 0 Å². The van der Waals surface area contributed by atoms with Gasteiger partial charge in [-0.3, -0.25) is 4.90 Å². The number of carbonyl (C=O) groups is 1. The summed E-state index contributed by atoms with van der Waals surface area (Å²) >= 11 is 0. The Kier molecular flexibility index (Phi) is 5.45. The van der Waals surface area contributed by atoms with Crippen molar-refractivity contribution in [1.82, 2.24) is 19.9 Å². The van der Waals surface area contributed by atoms with E-state index in [1.807, 2.05) is 18.2 Å². The molecular weight excluding hydrogens is 364 g/mol. The lowest BCUT2D eigenvalue weighted by atomic mass is 9.97. The van der Waals surface area contributed by atoms with E-state index in [9.17, 15) is 9.90 Å². The van der Waals surface area contributed by atoms with Crippen LogP contribution in [0, 0.1) is 5.92 Å². The highest BCUT2D eigenvalue weighted by Gasteiger charge is 2.19. The minimum absolute atomic E-state index is 0.211. The zero-order valence-electron chi connectivity index (χ0n) is 16.9. The minimum Gasteiger partial charge on any atom is -0.478 e. The summed E-state index contributed by atoms with van der Waals surface area (Å²) in [6, 6.07) is 12.9. The summed E-state index contributed by atoms with van der Waals surface area (Å²) in [7, 11) is 0. The average Bonchev–Trinajstić information content (AvgIpc) is 3.16. The molecule has 4 rings (SSSR count). The molecule has 1 aromatic heterocycles. The molecule has 6 heteroatoms. The fourth-order valence-electron chi connectivity index (χ4n) is 3.82. The number of para-hydroxylation sites is 1. The first-order valence-corrected chi connectivity index (χ1v) is 10.1. The van der Waals surface area contributed by atoms with Gasteiger partial charge in [0.1, 0.15) is 5.52 Å². The van der Waals surface area contributed by atoms with Crippen LogP contribution in [0.15, 0.2) is 48.5 Å². The summed E-state index contributed by atoms with van der Waals surface area (Å²) in [6.07, 6.45) is 4.49. The first-order chi connectivity index (χ1) is 14.0. The third-order valence-corrected chi connectivity index (χ3v) is 5.50. The van der Waals surface area contributed by atoms with Gasteiger partial charge in [-0.15, -0.1) is 5.10 Å². The Labute approximate surface area is 170 Å². The zero-order valence-corrected chi connectivity index (χ0v) is 16.9. The van der Waals surface area contributed by atoms with Crippen LogP contribution in [0.2, 0.25) is 0 Å². The smallest absolute Gasteiger partial charge is 0.337 e. The fraction of sp³-hybridized carbons (Fsp3) is 0.348. The van der Waals surface area contributed by atoms with Gasteiger partial charge in [-0.1, -0.05) is 49.4 Å². The molecule has 0 bridgehead atoms. The van der Waals surface area contributed by atoms with E-state index in [-0.39, 0.29) is 5.56 Å². The standard InChI is InChI=1S/C23H26N4O2/c1-16(2)10-13-26-14-11-17(12-15-26)18-7-5-9-21-22(18)24-25-27(21)20-8-4-3-6-19(20)23(28)29/h3-9,11,16H,10,12-15H2,1-2H3,(H,28,29). The molecule has 1 aliphatic rings. The number of aromatic carboxylic acids is 1. The van der Waals surface area contributed by atoms with Crippen molar-refractivity contribution < 1.29 is 9.90 Å². The zero-order chi connectivity index (χ0) is 20.4. The largest absolute Gasteiger partial charge is 0.478 e. The Balaban J connectivity index is 1.67. The van der Waals surface area contributed by atoms with E-state index in [2.05, 4.69) is 41.2 Å². The number of hydrogen-bond donors (Lipinski definition) is 1. The molecule has 0 unspecified atom stereocenters. The van der Waals surface area contributed by atoms with E-state index in [0.29, 0.717) is 5.69 Å². The van der Waals surface area contributed by atoms with Gasteiger partial charge < -0.3 is 5.11 Å². The van der Waals surface area contributed by atoms with Crippen LogP contribution >= 0.6 is 0 Å². The van der Waals surface area contributed by atoms with Crippen molar-refractivity contribution in [2.24, 2.45) is 5.92 Å². The van der Waals surface area contributed by atoms with Gasteiger partial charge in [0.15, 0.2) is 0 Å². The van der Waals surface area contributed by atoms with E-state index < -0.39 is 5.97 Å². The molecule has 6 nitrogen and oxygen atoms in total. The molecular formula is C23H26N4O2. The Morgan fingerprint density at radius 2 is 2.00 bits per heavy atom. The molecule has 3 aromatic rings. The second-order valence-electron chi connectivity index (χ2n) is 7.96. The lowest BCUT2D eigenvalue weighted by Gasteiger charge is -2.27. The predicted octanol–water partition coefficient (Wildman–Crippen LogP) is 4.25. The maximum absolute atomic E-state index is 11.6. The summed E-state index contributed by atoms with van der Waals surface area (Å²) in [5, 5.41) is 18.2. The maximum Gasteiger partial charge on any atom is 0.337 e. The van der Waals surface area contributed by atoms with Crippen molar-refractivity contribution in [3.63, 3.8) is 0 Å². The van der Waals surface area contributed by atoms with E-state index in [4.69, 9.17) is 0 Å². The highest BCUT2D eigenvalue weighted by Crippen LogP contribution is 2.29. The second-order valence-corrected chi connectivity index (χ2v) is 7.96. The number of fused-ring (bicyclic) bond motifs is 1. The van der Waals surface area contributed by atoms with Gasteiger partial charge in [-0.05, 0) is 49.1 Å². The Bertz CT molecular complexity index is 1070. The number of benzene rings is 2. The van der Waals surface area contributed by atoms with Gasteiger partial charge in [0.05, 0.1) is 16.8 Å². The first kappa shape index (κ1) is 19.3. The monoisotopic (exact) mass is 390 g/mol. The van der Waals surface area contributed by atoms with Crippen molar-refractivity contribution in [2.45, 2.75) is 26.7 Å². The van der Waals surface area contributed by atoms with Gasteiger partial charge in [-0.2, -0.15) is 0 Å². The quantitative estimate of drug-likeness (QED) is 0.681. The molecule has 0 atom stereocenters. The molecule has 0 fully saturated rings. The van der Waals surface area contributed by atoms with Gasteiger partial charge in [0, 0.05) is 18.7 Å². The summed E-state index contributed by atoms with van der Waals surface area (Å²) in [5.74, 6) is -0.255. The van der Waals surface area contributed by atoms with E-state index in [0.717, 1.165) is 48.6 Å². The molecule has 0 radical (unpaired) electrons.